The summed E-state index contributed by atoms with van der Waals surface area (Å²) in [6.45, 7) is -9.23. The van der Waals surface area contributed by atoms with Crippen molar-refractivity contribution in [1.82, 2.24) is 19.7 Å². The first-order valence-electron chi connectivity index (χ1n) is 21.1. The summed E-state index contributed by atoms with van der Waals surface area (Å²) in [7, 11) is -3.33. The molecule has 0 radical (unpaired) electrons. The maximum Gasteiger partial charge on any atom is 0.308 e. The molecule has 52 heavy (non-hydrogen) atoms. The van der Waals surface area contributed by atoms with Crippen molar-refractivity contribution in [2.45, 2.75) is 52.7 Å². The van der Waals surface area contributed by atoms with Crippen molar-refractivity contribution in [3.63, 3.8) is 0 Å². The first kappa shape index (κ1) is 27.1. The summed E-state index contributed by atoms with van der Waals surface area (Å²) in [4.78, 5) is 20.0. The second-order valence-corrected chi connectivity index (χ2v) is 15.3. The van der Waals surface area contributed by atoms with Crippen molar-refractivity contribution in [3.05, 3.63) is 94.9 Å². The van der Waals surface area contributed by atoms with Crippen LogP contribution in [0.5, 0.6) is 11.5 Å². The molecule has 0 saturated heterocycles. The highest BCUT2D eigenvalue weighted by atomic mass is 32.2. The maximum absolute atomic E-state index is 15.9. The molecule has 13 heteroatoms. The van der Waals surface area contributed by atoms with Crippen LogP contribution in [0.1, 0.15) is 69.3 Å². The number of H-pyrrole nitrogens is 1. The van der Waals surface area contributed by atoms with E-state index in [1.807, 2.05) is 0 Å². The van der Waals surface area contributed by atoms with E-state index in [1.54, 1.807) is 26.0 Å². The van der Waals surface area contributed by atoms with Gasteiger partial charge in [-0.25, -0.2) is 26.9 Å². The molecule has 4 bridgehead atoms. The van der Waals surface area contributed by atoms with Gasteiger partial charge in [0, 0.05) is 53.5 Å². The molecule has 0 saturated carbocycles. The van der Waals surface area contributed by atoms with Crippen molar-refractivity contribution in [1.29, 1.82) is 0 Å². The number of fused-ring (bicyclic) bond motifs is 8. The Bertz CT molecular complexity index is 2540. The van der Waals surface area contributed by atoms with Crippen LogP contribution >= 0.6 is 0 Å². The van der Waals surface area contributed by atoms with E-state index in [2.05, 4.69) is 15.1 Å². The highest BCUT2D eigenvalue weighted by molar-refractivity contribution is 7.91. The number of esters is 1. The minimum atomic E-state index is -4.69. The molecule has 2 aromatic heterocycles. The van der Waals surface area contributed by atoms with Crippen LogP contribution in [0.2, 0.25) is 0 Å². The molecule has 0 spiro atoms. The molecule has 10 nitrogen and oxygen atoms in total. The van der Waals surface area contributed by atoms with Crippen LogP contribution in [0.15, 0.2) is 60.8 Å². The number of ether oxygens (including phenoxy) is 3. The number of halogens is 2. The number of carbonyl (C=O) groups is 1. The average molecular weight is 744 g/mol. The van der Waals surface area contributed by atoms with Gasteiger partial charge in [0.25, 0.3) is 0 Å². The third-order valence-corrected chi connectivity index (χ3v) is 10.6. The Balaban J connectivity index is 1.63. The summed E-state index contributed by atoms with van der Waals surface area (Å²) in [5.41, 5.74) is -5.12. The normalized spacial score (nSPS) is 22.8. The van der Waals surface area contributed by atoms with Gasteiger partial charge in [0.05, 0.1) is 48.2 Å². The highest BCUT2D eigenvalue weighted by Crippen LogP contribution is 2.38. The zero-order chi connectivity index (χ0) is 44.9. The van der Waals surface area contributed by atoms with Crippen molar-refractivity contribution in [3.8, 4) is 22.9 Å². The van der Waals surface area contributed by atoms with E-state index < -0.39 is 107 Å². The highest BCUT2D eigenvalue weighted by Gasteiger charge is 2.37. The first-order valence-corrected chi connectivity index (χ1v) is 18.4. The second kappa shape index (κ2) is 14.4. The van der Waals surface area contributed by atoms with E-state index in [1.165, 1.54) is 43.6 Å². The number of aryl methyl sites for hydroxylation is 2. The zero-order valence-corrected chi connectivity index (χ0v) is 29.6. The van der Waals surface area contributed by atoms with E-state index >= 15 is 8.78 Å². The van der Waals surface area contributed by atoms with Gasteiger partial charge in [0.15, 0.2) is 33.1 Å². The SMILES string of the molecule is [2H]C([2H])([2H])C1(c2cccc(CC(C)C(=O)OCC)c2)COCC(C([2H])([2H])[2H])(C([2H])([2H])[2H])CS(=O)(=O)CCc2c(c(F)cc3[nH]ccc23)Oc2ccc(F)c(c2)-c2nc1nn2C. The lowest BCUT2D eigenvalue weighted by Crippen LogP contribution is -2.36. The van der Waals surface area contributed by atoms with E-state index in [0.29, 0.717) is 10.9 Å². The lowest BCUT2D eigenvalue weighted by atomic mass is 9.81. The number of nitrogens with zero attached hydrogens (tertiary/aromatic N) is 3. The Morgan fingerprint density at radius 2 is 1.94 bits per heavy atom. The first-order chi connectivity index (χ1) is 28.3. The topological polar surface area (TPSA) is 125 Å². The Labute approximate surface area is 315 Å². The molecule has 0 amide bonds. The van der Waals surface area contributed by atoms with Crippen molar-refractivity contribution < 1.29 is 48.5 Å². The fourth-order valence-corrected chi connectivity index (χ4v) is 7.82. The Kier molecular flexibility index (Phi) is 7.50. The number of aromatic amines is 1. The summed E-state index contributed by atoms with van der Waals surface area (Å²) in [6, 6.07) is 12.1. The molecule has 0 fully saturated rings. The molecule has 1 N–H and O–H groups in total. The monoisotopic (exact) mass is 743 g/mol. The molecule has 6 rings (SSSR count). The third kappa shape index (κ3) is 7.75. The van der Waals surface area contributed by atoms with Crippen LogP contribution in [0.3, 0.4) is 0 Å². The largest absolute Gasteiger partial charge is 0.466 e. The Morgan fingerprint density at radius 1 is 1.12 bits per heavy atom. The van der Waals surface area contributed by atoms with Crippen LogP contribution in [0.25, 0.3) is 22.3 Å². The molecular formula is C39H44F2N4O6S. The lowest BCUT2D eigenvalue weighted by molar-refractivity contribution is -0.147. The van der Waals surface area contributed by atoms with Crippen LogP contribution < -0.4 is 4.74 Å². The molecule has 3 aromatic carbocycles. The van der Waals surface area contributed by atoms with E-state index in [0.717, 1.165) is 16.8 Å². The van der Waals surface area contributed by atoms with E-state index in [9.17, 15) is 13.2 Å². The van der Waals surface area contributed by atoms with Gasteiger partial charge in [0.2, 0.25) is 0 Å². The molecule has 0 aliphatic carbocycles. The van der Waals surface area contributed by atoms with Crippen molar-refractivity contribution in [2.24, 2.45) is 18.4 Å². The molecular weight excluding hydrogens is 691 g/mol. The standard InChI is InChI=1S/C39H44F2N4O6S/c1-7-50-36(46)24(2)17-25-9-8-10-26(18-25)39(5)22-49-21-38(3,4)23-52(47,48)16-14-29-28-13-15-42-33(28)20-32(41)34(29)51-27-11-12-31(40)30(19-27)35-43-37(39)44-45(35)6/h8-13,15,18-20,24,42H,7,14,16-17,21-23H2,1-6H3/i3D3,4D3,5D3. The second-order valence-electron chi connectivity index (χ2n) is 13.1. The quantitative estimate of drug-likeness (QED) is 0.189. The van der Waals surface area contributed by atoms with Crippen LogP contribution in [0.4, 0.5) is 8.78 Å². The molecule has 2 atom stereocenters. The van der Waals surface area contributed by atoms with Crippen LogP contribution in [0, 0.1) is 23.0 Å². The van der Waals surface area contributed by atoms with E-state index in [-0.39, 0.29) is 46.8 Å². The number of nitrogens with one attached hydrogen (secondary N) is 1. The van der Waals surface area contributed by atoms with Crippen LogP contribution in [-0.4, -0.2) is 65.5 Å². The summed E-state index contributed by atoms with van der Waals surface area (Å²) in [5, 5.41) is 4.79. The molecule has 1 aliphatic rings. The fourth-order valence-electron chi connectivity index (χ4n) is 6.33. The molecule has 5 aromatic rings. The number of carbonyl (C=O) groups excluding carboxylic acids is 1. The fraction of sp³-hybridized carbons (Fsp3) is 0.410. The predicted octanol–water partition coefficient (Wildman–Crippen LogP) is 7.10. The lowest BCUT2D eigenvalue weighted by Gasteiger charge is -2.31. The van der Waals surface area contributed by atoms with Gasteiger partial charge in [-0.05, 0) is 62.0 Å². The van der Waals surface area contributed by atoms with Gasteiger partial charge in [-0.2, -0.15) is 5.10 Å². The van der Waals surface area contributed by atoms with E-state index in [4.69, 9.17) is 26.5 Å². The van der Waals surface area contributed by atoms with Crippen molar-refractivity contribution in [2.75, 3.05) is 31.3 Å². The summed E-state index contributed by atoms with van der Waals surface area (Å²) in [6.07, 6.45) is 1.09. The number of hydrogen-bond acceptors (Lipinski definition) is 8. The zero-order valence-electron chi connectivity index (χ0n) is 37.8. The number of sulfone groups is 1. The number of rotatable bonds is 5. The molecule has 3 heterocycles. The summed E-state index contributed by atoms with van der Waals surface area (Å²) in [5.74, 6) is -6.57. The van der Waals surface area contributed by atoms with Gasteiger partial charge in [-0.3, -0.25) is 4.79 Å². The number of hydrogen-bond donors (Lipinski definition) is 1. The smallest absolute Gasteiger partial charge is 0.308 e. The third-order valence-electron chi connectivity index (χ3n) is 8.86. The number of aromatic nitrogens is 4. The minimum absolute atomic E-state index is 0.0330. The molecule has 1 aliphatic heterocycles. The van der Waals surface area contributed by atoms with Gasteiger partial charge in [0.1, 0.15) is 11.6 Å². The minimum Gasteiger partial charge on any atom is -0.466 e. The number of benzene rings is 3. The van der Waals surface area contributed by atoms with Crippen molar-refractivity contribution >= 4 is 26.7 Å². The van der Waals surface area contributed by atoms with Gasteiger partial charge in [-0.15, -0.1) is 0 Å². The van der Waals surface area contributed by atoms with Crippen LogP contribution in [-0.2, 0) is 49.4 Å². The van der Waals surface area contributed by atoms with Gasteiger partial charge >= 0.3 is 5.97 Å². The molecule has 2 unspecified atom stereocenters. The Hall–Kier alpha value is -4.62. The average Bonchev–Trinajstić information content (AvgIpc) is 3.78. The maximum atomic E-state index is 15.9. The van der Waals surface area contributed by atoms with Gasteiger partial charge < -0.3 is 19.2 Å². The summed E-state index contributed by atoms with van der Waals surface area (Å²) < 4.78 is 156. The Morgan fingerprint density at radius 3 is 2.71 bits per heavy atom. The van der Waals surface area contributed by atoms with Gasteiger partial charge in [-0.1, -0.05) is 44.9 Å². The predicted molar refractivity (Wildman–Crippen MR) is 194 cm³/mol. The summed E-state index contributed by atoms with van der Waals surface area (Å²) >= 11 is 0. The molecule has 276 valence electrons.